The molecule has 0 bridgehead atoms. The van der Waals surface area contributed by atoms with Gasteiger partial charge in [-0.25, -0.2) is 0 Å². The summed E-state index contributed by atoms with van der Waals surface area (Å²) >= 11 is 0. The number of rotatable bonds is 2. The molecule has 5 nitrogen and oxygen atoms in total. The topological polar surface area (TPSA) is 58.1 Å². The van der Waals surface area contributed by atoms with Crippen molar-refractivity contribution in [2.75, 3.05) is 18.4 Å². The maximum atomic E-state index is 12.2. The van der Waals surface area contributed by atoms with Gasteiger partial charge in [0.25, 0.3) is 5.56 Å². The molecule has 0 spiro atoms. The highest BCUT2D eigenvalue weighted by atomic mass is 16.1. The van der Waals surface area contributed by atoms with E-state index in [1.807, 2.05) is 18.2 Å². The van der Waals surface area contributed by atoms with Crippen molar-refractivity contribution in [2.24, 2.45) is 5.41 Å². The highest BCUT2D eigenvalue weighted by Gasteiger charge is 2.33. The van der Waals surface area contributed by atoms with Crippen molar-refractivity contribution in [2.45, 2.75) is 39.8 Å². The monoisotopic (exact) mass is 310 g/mol. The molecule has 1 unspecified atom stereocenters. The zero-order chi connectivity index (χ0) is 16.2. The second-order valence-electron chi connectivity index (χ2n) is 7.84. The molecule has 0 saturated heterocycles. The van der Waals surface area contributed by atoms with Crippen LogP contribution < -0.4 is 10.9 Å². The minimum Gasteiger partial charge on any atom is -0.376 e. The summed E-state index contributed by atoms with van der Waals surface area (Å²) in [5.74, 6) is 0. The van der Waals surface area contributed by atoms with Crippen molar-refractivity contribution < 1.29 is 0 Å². The van der Waals surface area contributed by atoms with Gasteiger partial charge in [-0.15, -0.1) is 10.2 Å². The smallest absolute Gasteiger partial charge is 0.296 e. The molecule has 5 heteroatoms. The van der Waals surface area contributed by atoms with Crippen LogP contribution in [0.1, 0.15) is 44.5 Å². The lowest BCUT2D eigenvalue weighted by Gasteiger charge is -2.33. The molecule has 0 amide bonds. The number of anilines is 1. The van der Waals surface area contributed by atoms with E-state index in [0.29, 0.717) is 10.8 Å². The quantitative estimate of drug-likeness (QED) is 0.924. The second-order valence-corrected chi connectivity index (χ2v) is 7.84. The number of nitrogens with one attached hydrogen (secondary N) is 1. The van der Waals surface area contributed by atoms with Crippen molar-refractivity contribution >= 4 is 16.5 Å². The van der Waals surface area contributed by atoms with Crippen molar-refractivity contribution in [3.8, 4) is 0 Å². The Bertz CT molecular complexity index is 841. The largest absolute Gasteiger partial charge is 0.376 e. The van der Waals surface area contributed by atoms with Crippen LogP contribution in [0.3, 0.4) is 0 Å². The highest BCUT2D eigenvalue weighted by molar-refractivity contribution is 5.99. The maximum absolute atomic E-state index is 12.2. The lowest BCUT2D eigenvalue weighted by Crippen LogP contribution is -2.37. The molecule has 2 aromatic rings. The average molecular weight is 310 g/mol. The van der Waals surface area contributed by atoms with E-state index in [-0.39, 0.29) is 11.6 Å². The van der Waals surface area contributed by atoms with Gasteiger partial charge in [0.05, 0.1) is 17.1 Å². The van der Waals surface area contributed by atoms with Crippen LogP contribution in [0, 0.1) is 5.41 Å². The fourth-order valence-electron chi connectivity index (χ4n) is 3.59. The first kappa shape index (κ1) is 14.6. The fourth-order valence-corrected chi connectivity index (χ4v) is 3.59. The minimum absolute atomic E-state index is 0.208. The first-order valence-electron chi connectivity index (χ1n) is 8.24. The number of nitrogens with zero attached hydrogens (tertiary/aromatic N) is 3. The number of aromatic nitrogens is 2. The Labute approximate surface area is 135 Å². The Morgan fingerprint density at radius 2 is 2.13 bits per heavy atom. The van der Waals surface area contributed by atoms with E-state index in [4.69, 9.17) is 0 Å². The summed E-state index contributed by atoms with van der Waals surface area (Å²) in [5, 5.41) is 13.5. The zero-order valence-corrected chi connectivity index (χ0v) is 13.9. The third-order valence-corrected chi connectivity index (χ3v) is 4.81. The molecule has 0 aliphatic carbocycles. The van der Waals surface area contributed by atoms with E-state index in [1.165, 1.54) is 5.56 Å². The Hall–Kier alpha value is -2.01. The van der Waals surface area contributed by atoms with Crippen LogP contribution >= 0.6 is 0 Å². The molecule has 3 heterocycles. The summed E-state index contributed by atoms with van der Waals surface area (Å²) in [6, 6.07) is 6.01. The van der Waals surface area contributed by atoms with Crippen molar-refractivity contribution in [3.05, 3.63) is 39.8 Å². The third-order valence-electron chi connectivity index (χ3n) is 4.81. The van der Waals surface area contributed by atoms with E-state index >= 15 is 0 Å². The molecule has 0 fully saturated rings. The van der Waals surface area contributed by atoms with Crippen molar-refractivity contribution in [1.82, 2.24) is 15.1 Å². The van der Waals surface area contributed by atoms with Gasteiger partial charge >= 0.3 is 0 Å². The van der Waals surface area contributed by atoms with E-state index in [9.17, 15) is 4.79 Å². The molecule has 1 atom stereocenters. The van der Waals surface area contributed by atoms with Crippen LogP contribution in [0.4, 0.5) is 5.69 Å². The Kier molecular flexibility index (Phi) is 3.17. The molecule has 0 radical (unpaired) electrons. The molecular weight excluding hydrogens is 288 g/mol. The SMILES string of the molecule is CC(C)(C)CCN1Cc2nnc(=O)c3cccc4c3c2C(C1)N4. The highest BCUT2D eigenvalue weighted by Crippen LogP contribution is 2.41. The molecular formula is C18H22N4O. The zero-order valence-electron chi connectivity index (χ0n) is 13.9. The molecule has 1 aromatic heterocycles. The number of benzene rings is 1. The predicted molar refractivity (Wildman–Crippen MR) is 91.5 cm³/mol. The van der Waals surface area contributed by atoms with Gasteiger partial charge in [0.1, 0.15) is 0 Å². The molecule has 23 heavy (non-hydrogen) atoms. The van der Waals surface area contributed by atoms with Crippen molar-refractivity contribution in [3.63, 3.8) is 0 Å². The lowest BCUT2D eigenvalue weighted by atomic mass is 9.91. The summed E-state index contributed by atoms with van der Waals surface area (Å²) in [7, 11) is 0. The van der Waals surface area contributed by atoms with Gasteiger partial charge in [0.2, 0.25) is 0 Å². The van der Waals surface area contributed by atoms with Crippen LogP contribution in [0.25, 0.3) is 10.8 Å². The van der Waals surface area contributed by atoms with Gasteiger partial charge in [0, 0.05) is 29.7 Å². The summed E-state index contributed by atoms with van der Waals surface area (Å²) in [5.41, 5.74) is 3.24. The van der Waals surface area contributed by atoms with Gasteiger partial charge in [-0.1, -0.05) is 26.8 Å². The normalized spacial score (nSPS) is 19.9. The summed E-state index contributed by atoms with van der Waals surface area (Å²) in [4.78, 5) is 14.6. The molecule has 2 aliphatic rings. The van der Waals surface area contributed by atoms with E-state index < -0.39 is 0 Å². The summed E-state index contributed by atoms with van der Waals surface area (Å²) in [6.45, 7) is 9.55. The van der Waals surface area contributed by atoms with Crippen LogP contribution in [0.2, 0.25) is 0 Å². The molecule has 120 valence electrons. The number of hydrogen-bond acceptors (Lipinski definition) is 5. The summed E-state index contributed by atoms with van der Waals surface area (Å²) < 4.78 is 0. The minimum atomic E-state index is -0.236. The summed E-state index contributed by atoms with van der Waals surface area (Å²) in [6.07, 6.45) is 1.14. The second kappa shape index (κ2) is 4.99. The Morgan fingerprint density at radius 3 is 2.91 bits per heavy atom. The van der Waals surface area contributed by atoms with E-state index in [2.05, 4.69) is 41.2 Å². The van der Waals surface area contributed by atoms with Gasteiger partial charge in [-0.05, 0) is 30.5 Å². The average Bonchev–Trinajstić information content (AvgIpc) is 2.80. The fraction of sp³-hybridized carbons (Fsp3) is 0.500. The standard InChI is InChI=1S/C18H22N4O/c1-18(2,3)7-8-22-9-13-16-14(10-22)20-21-17(23)11-5-4-6-12(19-13)15(11)16/h4-6,13,19H,7-10H2,1-3H3. The molecule has 1 aromatic carbocycles. The Balaban J connectivity index is 1.77. The maximum Gasteiger partial charge on any atom is 0.296 e. The van der Waals surface area contributed by atoms with Gasteiger partial charge in [0.15, 0.2) is 0 Å². The van der Waals surface area contributed by atoms with Gasteiger partial charge < -0.3 is 5.32 Å². The van der Waals surface area contributed by atoms with Crippen LogP contribution in [0.5, 0.6) is 0 Å². The molecule has 2 aliphatic heterocycles. The van der Waals surface area contributed by atoms with Crippen LogP contribution in [-0.4, -0.2) is 28.2 Å². The van der Waals surface area contributed by atoms with Crippen LogP contribution in [-0.2, 0) is 6.54 Å². The predicted octanol–water partition coefficient (Wildman–Crippen LogP) is 2.71. The third kappa shape index (κ3) is 2.49. The van der Waals surface area contributed by atoms with Gasteiger partial charge in [-0.3, -0.25) is 9.69 Å². The first-order chi connectivity index (χ1) is 10.9. The van der Waals surface area contributed by atoms with Crippen molar-refractivity contribution in [1.29, 1.82) is 0 Å². The lowest BCUT2D eigenvalue weighted by molar-refractivity contribution is 0.199. The van der Waals surface area contributed by atoms with E-state index in [0.717, 1.165) is 42.8 Å². The van der Waals surface area contributed by atoms with Gasteiger partial charge in [-0.2, -0.15) is 0 Å². The van der Waals surface area contributed by atoms with E-state index in [1.54, 1.807) is 0 Å². The van der Waals surface area contributed by atoms with Crippen LogP contribution in [0.15, 0.2) is 23.0 Å². The Morgan fingerprint density at radius 1 is 1.30 bits per heavy atom. The molecule has 1 N–H and O–H groups in total. The molecule has 4 rings (SSSR count). The number of hydrogen-bond donors (Lipinski definition) is 1. The molecule has 0 saturated carbocycles. The first-order valence-corrected chi connectivity index (χ1v) is 8.24.